The molecule has 1 heterocycles. The molecular weight excluding hydrogens is 216 g/mol. The molecule has 0 fully saturated rings. The van der Waals surface area contributed by atoms with Gasteiger partial charge in [-0.15, -0.1) is 0 Å². The van der Waals surface area contributed by atoms with E-state index in [-0.39, 0.29) is 11.9 Å². The highest BCUT2D eigenvalue weighted by atomic mass is 16.2. The molecule has 5 nitrogen and oxygen atoms in total. The van der Waals surface area contributed by atoms with Crippen LogP contribution in [0.3, 0.4) is 0 Å². The van der Waals surface area contributed by atoms with Crippen molar-refractivity contribution in [2.45, 2.75) is 46.6 Å². The lowest BCUT2D eigenvalue weighted by molar-refractivity contribution is 0.0939. The van der Waals surface area contributed by atoms with Gasteiger partial charge in [0.25, 0.3) is 5.91 Å². The molecule has 0 unspecified atom stereocenters. The fraction of sp³-hybridized carbons (Fsp3) is 0.667. The van der Waals surface area contributed by atoms with Crippen LogP contribution in [0.4, 0.5) is 5.69 Å². The number of nitrogens with zero attached hydrogens (tertiary/aromatic N) is 1. The molecule has 1 rings (SSSR count). The fourth-order valence-corrected chi connectivity index (χ4v) is 1.62. The van der Waals surface area contributed by atoms with Crippen molar-refractivity contribution in [3.05, 3.63) is 11.4 Å². The average molecular weight is 238 g/mol. The van der Waals surface area contributed by atoms with Crippen molar-refractivity contribution < 1.29 is 4.79 Å². The highest BCUT2D eigenvalue weighted by Crippen LogP contribution is 2.25. The molecule has 0 spiro atoms. The second-order valence-electron chi connectivity index (χ2n) is 4.67. The lowest BCUT2D eigenvalue weighted by Gasteiger charge is -2.11. The topological polar surface area (TPSA) is 69.8 Å². The standard InChI is InChI=1S/C12H22N4O/c1-6-13-10-9(7(2)3)15-16-11(10)12(17)14-8(4)5/h7-8,13H,6H2,1-5H3,(H,14,17)(H,15,16). The van der Waals surface area contributed by atoms with E-state index in [4.69, 9.17) is 0 Å². The van der Waals surface area contributed by atoms with Gasteiger partial charge in [-0.25, -0.2) is 0 Å². The third kappa shape index (κ3) is 3.22. The van der Waals surface area contributed by atoms with E-state index in [0.717, 1.165) is 17.9 Å². The molecule has 0 saturated heterocycles. The number of aromatic amines is 1. The third-order valence-electron chi connectivity index (χ3n) is 2.36. The van der Waals surface area contributed by atoms with Gasteiger partial charge in [-0.1, -0.05) is 13.8 Å². The SMILES string of the molecule is CCNc1c(C(=O)NC(C)C)n[nH]c1C(C)C. The van der Waals surface area contributed by atoms with E-state index in [2.05, 4.69) is 34.7 Å². The smallest absolute Gasteiger partial charge is 0.274 e. The van der Waals surface area contributed by atoms with E-state index in [1.165, 1.54) is 0 Å². The highest BCUT2D eigenvalue weighted by molar-refractivity contribution is 5.98. The summed E-state index contributed by atoms with van der Waals surface area (Å²) in [7, 11) is 0. The second-order valence-corrected chi connectivity index (χ2v) is 4.67. The molecule has 0 atom stereocenters. The van der Waals surface area contributed by atoms with Crippen LogP contribution in [0.1, 0.15) is 56.7 Å². The highest BCUT2D eigenvalue weighted by Gasteiger charge is 2.20. The first kappa shape index (κ1) is 13.5. The van der Waals surface area contributed by atoms with Crippen LogP contribution < -0.4 is 10.6 Å². The molecule has 0 saturated carbocycles. The number of nitrogens with one attached hydrogen (secondary N) is 3. The van der Waals surface area contributed by atoms with Crippen LogP contribution in [0.5, 0.6) is 0 Å². The van der Waals surface area contributed by atoms with Crippen molar-refractivity contribution in [1.82, 2.24) is 15.5 Å². The molecule has 0 aliphatic heterocycles. The van der Waals surface area contributed by atoms with Crippen molar-refractivity contribution in [3.63, 3.8) is 0 Å². The fourth-order valence-electron chi connectivity index (χ4n) is 1.62. The van der Waals surface area contributed by atoms with Gasteiger partial charge in [-0.2, -0.15) is 5.10 Å². The number of anilines is 1. The maximum atomic E-state index is 12.0. The molecule has 0 aliphatic carbocycles. The predicted octanol–water partition coefficient (Wildman–Crippen LogP) is 2.10. The van der Waals surface area contributed by atoms with Gasteiger partial charge in [-0.05, 0) is 26.7 Å². The number of carbonyl (C=O) groups is 1. The monoisotopic (exact) mass is 238 g/mol. The Balaban J connectivity index is 3.02. The van der Waals surface area contributed by atoms with Crippen LogP contribution in [-0.2, 0) is 0 Å². The Kier molecular flexibility index (Phi) is 4.54. The average Bonchev–Trinajstić information content (AvgIpc) is 2.61. The largest absolute Gasteiger partial charge is 0.382 e. The predicted molar refractivity (Wildman–Crippen MR) is 69.4 cm³/mol. The summed E-state index contributed by atoms with van der Waals surface area (Å²) in [5.41, 5.74) is 2.24. The zero-order valence-electron chi connectivity index (χ0n) is 11.2. The van der Waals surface area contributed by atoms with Crippen LogP contribution in [0.15, 0.2) is 0 Å². The van der Waals surface area contributed by atoms with Gasteiger partial charge in [0.05, 0.1) is 11.4 Å². The maximum Gasteiger partial charge on any atom is 0.274 e. The van der Waals surface area contributed by atoms with Crippen LogP contribution in [0.2, 0.25) is 0 Å². The number of amides is 1. The Hall–Kier alpha value is -1.52. The Morgan fingerprint density at radius 1 is 1.35 bits per heavy atom. The lowest BCUT2D eigenvalue weighted by Crippen LogP contribution is -2.31. The molecule has 0 radical (unpaired) electrons. The van der Waals surface area contributed by atoms with Crippen molar-refractivity contribution in [3.8, 4) is 0 Å². The maximum absolute atomic E-state index is 12.0. The molecule has 0 bridgehead atoms. The van der Waals surface area contributed by atoms with E-state index in [1.54, 1.807) is 0 Å². The van der Waals surface area contributed by atoms with Crippen molar-refractivity contribution >= 4 is 11.6 Å². The van der Waals surface area contributed by atoms with E-state index >= 15 is 0 Å². The molecule has 1 amide bonds. The Morgan fingerprint density at radius 3 is 2.47 bits per heavy atom. The van der Waals surface area contributed by atoms with Gasteiger partial charge >= 0.3 is 0 Å². The number of rotatable bonds is 5. The number of hydrogen-bond donors (Lipinski definition) is 3. The van der Waals surface area contributed by atoms with E-state index in [9.17, 15) is 4.79 Å². The van der Waals surface area contributed by atoms with Gasteiger partial charge in [-0.3, -0.25) is 9.89 Å². The number of aromatic nitrogens is 2. The van der Waals surface area contributed by atoms with Gasteiger partial charge < -0.3 is 10.6 Å². The summed E-state index contributed by atoms with van der Waals surface area (Å²) in [5, 5.41) is 13.1. The molecule has 1 aromatic heterocycles. The van der Waals surface area contributed by atoms with E-state index < -0.39 is 0 Å². The molecule has 5 heteroatoms. The summed E-state index contributed by atoms with van der Waals surface area (Å²) < 4.78 is 0. The first-order chi connectivity index (χ1) is 7.97. The van der Waals surface area contributed by atoms with E-state index in [1.807, 2.05) is 20.8 Å². The number of carbonyl (C=O) groups excluding carboxylic acids is 1. The van der Waals surface area contributed by atoms with Crippen LogP contribution in [0.25, 0.3) is 0 Å². The molecule has 1 aromatic rings. The molecule has 17 heavy (non-hydrogen) atoms. The third-order valence-corrected chi connectivity index (χ3v) is 2.36. The Labute approximate surface area is 102 Å². The van der Waals surface area contributed by atoms with Gasteiger partial charge in [0.1, 0.15) is 0 Å². The van der Waals surface area contributed by atoms with E-state index in [0.29, 0.717) is 11.6 Å². The molecule has 3 N–H and O–H groups in total. The summed E-state index contributed by atoms with van der Waals surface area (Å²) in [6, 6.07) is 0.108. The number of H-pyrrole nitrogens is 1. The first-order valence-electron chi connectivity index (χ1n) is 6.10. The molecular formula is C12H22N4O. The van der Waals surface area contributed by atoms with Crippen molar-refractivity contribution in [2.24, 2.45) is 0 Å². The number of hydrogen-bond acceptors (Lipinski definition) is 3. The minimum absolute atomic E-state index is 0.108. The van der Waals surface area contributed by atoms with Gasteiger partial charge in [0.15, 0.2) is 5.69 Å². The minimum atomic E-state index is -0.140. The summed E-state index contributed by atoms with van der Waals surface area (Å²) in [4.78, 5) is 12.0. The summed E-state index contributed by atoms with van der Waals surface area (Å²) in [5.74, 6) is 0.163. The zero-order chi connectivity index (χ0) is 13.0. The lowest BCUT2D eigenvalue weighted by atomic mass is 10.1. The molecule has 96 valence electrons. The van der Waals surface area contributed by atoms with Crippen LogP contribution >= 0.6 is 0 Å². The van der Waals surface area contributed by atoms with Gasteiger partial charge in [0, 0.05) is 12.6 Å². The molecule has 0 aliphatic rings. The summed E-state index contributed by atoms with van der Waals surface area (Å²) in [6.45, 7) is 10.8. The van der Waals surface area contributed by atoms with Crippen molar-refractivity contribution in [1.29, 1.82) is 0 Å². The minimum Gasteiger partial charge on any atom is -0.382 e. The molecule has 0 aromatic carbocycles. The van der Waals surface area contributed by atoms with Crippen LogP contribution in [-0.4, -0.2) is 28.7 Å². The van der Waals surface area contributed by atoms with Crippen molar-refractivity contribution in [2.75, 3.05) is 11.9 Å². The zero-order valence-corrected chi connectivity index (χ0v) is 11.2. The van der Waals surface area contributed by atoms with Crippen LogP contribution in [0, 0.1) is 0 Å². The quantitative estimate of drug-likeness (QED) is 0.735. The normalized spacial score (nSPS) is 11.0. The summed E-state index contributed by atoms with van der Waals surface area (Å²) in [6.07, 6.45) is 0. The summed E-state index contributed by atoms with van der Waals surface area (Å²) >= 11 is 0. The second kappa shape index (κ2) is 5.70. The van der Waals surface area contributed by atoms with Gasteiger partial charge in [0.2, 0.25) is 0 Å². The Morgan fingerprint density at radius 2 is 2.00 bits per heavy atom. The first-order valence-corrected chi connectivity index (χ1v) is 6.10. The Bertz CT molecular complexity index is 382.